The van der Waals surface area contributed by atoms with Crippen LogP contribution < -0.4 is 5.73 Å². The van der Waals surface area contributed by atoms with Gasteiger partial charge in [0.2, 0.25) is 0 Å². The molecule has 7 heteroatoms. The maximum absolute atomic E-state index is 9.86. The fraction of sp³-hybridized carbons (Fsp3) is 0.292. The normalized spacial score (nSPS) is 19.7. The topological polar surface area (TPSA) is 110 Å². The molecule has 31 heavy (non-hydrogen) atoms. The first-order valence-electron chi connectivity index (χ1n) is 10.6. The Morgan fingerprint density at radius 2 is 1.94 bits per heavy atom. The number of hydrogen-bond acceptors (Lipinski definition) is 6. The highest BCUT2D eigenvalue weighted by molar-refractivity contribution is 5.84. The minimum atomic E-state index is -0.250. The average Bonchev–Trinajstić information content (AvgIpc) is 3.44. The highest BCUT2D eigenvalue weighted by atomic mass is 16.3. The van der Waals surface area contributed by atoms with Gasteiger partial charge in [-0.2, -0.15) is 5.10 Å². The third kappa shape index (κ3) is 3.83. The van der Waals surface area contributed by atoms with Gasteiger partial charge in [-0.3, -0.25) is 4.98 Å². The Morgan fingerprint density at radius 3 is 2.74 bits per heavy atom. The minimum absolute atomic E-state index is 0.118. The van der Waals surface area contributed by atoms with Gasteiger partial charge in [0.25, 0.3) is 0 Å². The summed E-state index contributed by atoms with van der Waals surface area (Å²) in [5.74, 6) is 0.911. The number of benzene rings is 1. The summed E-state index contributed by atoms with van der Waals surface area (Å²) < 4.78 is 1.77. The summed E-state index contributed by atoms with van der Waals surface area (Å²) in [4.78, 5) is 9.32. The molecule has 3 heterocycles. The van der Waals surface area contributed by atoms with Gasteiger partial charge in [-0.1, -0.05) is 24.3 Å². The van der Waals surface area contributed by atoms with Crippen molar-refractivity contribution in [1.82, 2.24) is 19.7 Å². The van der Waals surface area contributed by atoms with Crippen molar-refractivity contribution < 1.29 is 10.2 Å². The fourth-order valence-electron chi connectivity index (χ4n) is 4.39. The summed E-state index contributed by atoms with van der Waals surface area (Å²) in [6, 6.07) is 17.3. The van der Waals surface area contributed by atoms with Gasteiger partial charge in [-0.05, 0) is 55.5 Å². The number of nitrogens with two attached hydrogens (primary N) is 1. The lowest BCUT2D eigenvalue weighted by Gasteiger charge is -2.19. The molecule has 1 aromatic carbocycles. The van der Waals surface area contributed by atoms with E-state index in [0.717, 1.165) is 47.1 Å². The maximum Gasteiger partial charge on any atom is 0.154 e. The molecule has 0 aliphatic heterocycles. The molecule has 1 fully saturated rings. The number of aromatic nitrogens is 4. The van der Waals surface area contributed by atoms with Gasteiger partial charge in [0.15, 0.2) is 5.82 Å². The van der Waals surface area contributed by atoms with Crippen LogP contribution in [0, 0.1) is 5.92 Å². The predicted molar refractivity (Wildman–Crippen MR) is 118 cm³/mol. The quantitative estimate of drug-likeness (QED) is 0.462. The Bertz CT molecular complexity index is 1220. The molecule has 158 valence electrons. The van der Waals surface area contributed by atoms with Crippen LogP contribution in [0.1, 0.15) is 36.7 Å². The van der Waals surface area contributed by atoms with Crippen molar-refractivity contribution in [3.8, 4) is 17.1 Å². The van der Waals surface area contributed by atoms with Crippen LogP contribution in [0.5, 0.6) is 0 Å². The van der Waals surface area contributed by atoms with Crippen LogP contribution in [0.25, 0.3) is 28.0 Å². The number of rotatable bonds is 5. The average molecular weight is 415 g/mol. The van der Waals surface area contributed by atoms with E-state index >= 15 is 0 Å². The Balaban J connectivity index is 1.51. The molecule has 1 aliphatic rings. The second-order valence-electron chi connectivity index (χ2n) is 8.18. The van der Waals surface area contributed by atoms with Crippen LogP contribution in [0.15, 0.2) is 60.8 Å². The van der Waals surface area contributed by atoms with Gasteiger partial charge in [-0.15, -0.1) is 0 Å². The third-order valence-electron chi connectivity index (χ3n) is 6.10. The smallest absolute Gasteiger partial charge is 0.154 e. The summed E-state index contributed by atoms with van der Waals surface area (Å²) >= 11 is 0. The van der Waals surface area contributed by atoms with Crippen LogP contribution in [-0.4, -0.2) is 36.1 Å². The SMILES string of the molecule is N[C@H](c1cccc(-c2ccc3cnn(-c4cccc(CO)n4)c3c2)n1)C1CC[C@H](O)C1. The van der Waals surface area contributed by atoms with Crippen molar-refractivity contribution in [1.29, 1.82) is 0 Å². The molecule has 0 bridgehead atoms. The monoisotopic (exact) mass is 415 g/mol. The molecule has 1 saturated carbocycles. The van der Waals surface area contributed by atoms with Crippen molar-refractivity contribution in [2.45, 2.75) is 38.0 Å². The van der Waals surface area contributed by atoms with Crippen molar-refractivity contribution in [3.05, 3.63) is 72.2 Å². The van der Waals surface area contributed by atoms with Crippen LogP contribution in [0.2, 0.25) is 0 Å². The zero-order valence-electron chi connectivity index (χ0n) is 17.1. The molecular formula is C24H25N5O2. The number of pyridine rings is 2. The molecule has 7 nitrogen and oxygen atoms in total. The van der Waals surface area contributed by atoms with Crippen molar-refractivity contribution >= 4 is 10.9 Å². The first-order chi connectivity index (χ1) is 15.1. The number of nitrogens with zero attached hydrogens (tertiary/aromatic N) is 4. The predicted octanol–water partition coefficient (Wildman–Crippen LogP) is 3.14. The molecule has 4 N–H and O–H groups in total. The van der Waals surface area contributed by atoms with Crippen molar-refractivity contribution in [3.63, 3.8) is 0 Å². The van der Waals surface area contributed by atoms with E-state index in [2.05, 4.69) is 10.1 Å². The molecule has 5 rings (SSSR count). The van der Waals surface area contributed by atoms with Gasteiger partial charge in [0.05, 0.1) is 41.5 Å². The third-order valence-corrected chi connectivity index (χ3v) is 6.10. The number of aliphatic hydroxyl groups excluding tert-OH is 2. The Morgan fingerprint density at radius 1 is 1.06 bits per heavy atom. The highest BCUT2D eigenvalue weighted by Gasteiger charge is 2.29. The lowest BCUT2D eigenvalue weighted by molar-refractivity contribution is 0.175. The second kappa shape index (κ2) is 8.19. The van der Waals surface area contributed by atoms with Gasteiger partial charge in [-0.25, -0.2) is 9.67 Å². The first kappa shape index (κ1) is 19.8. The Kier molecular flexibility index (Phi) is 5.23. The zero-order valence-corrected chi connectivity index (χ0v) is 17.1. The molecule has 1 unspecified atom stereocenters. The molecule has 0 saturated heterocycles. The van der Waals surface area contributed by atoms with Crippen molar-refractivity contribution in [2.24, 2.45) is 11.7 Å². The zero-order chi connectivity index (χ0) is 21.4. The van der Waals surface area contributed by atoms with Crippen LogP contribution in [0.3, 0.4) is 0 Å². The van der Waals surface area contributed by atoms with E-state index in [9.17, 15) is 10.2 Å². The lowest BCUT2D eigenvalue weighted by atomic mass is 9.95. The van der Waals surface area contributed by atoms with E-state index in [1.165, 1.54) is 0 Å². The summed E-state index contributed by atoms with van der Waals surface area (Å²) in [6.07, 6.45) is 4.03. The molecule has 4 aromatic rings. The van der Waals surface area contributed by atoms with Crippen LogP contribution >= 0.6 is 0 Å². The van der Waals surface area contributed by atoms with E-state index in [0.29, 0.717) is 11.5 Å². The molecule has 0 spiro atoms. The second-order valence-corrected chi connectivity index (χ2v) is 8.18. The van der Waals surface area contributed by atoms with Gasteiger partial charge in [0, 0.05) is 17.0 Å². The molecule has 0 radical (unpaired) electrons. The van der Waals surface area contributed by atoms with Gasteiger partial charge < -0.3 is 15.9 Å². The van der Waals surface area contributed by atoms with E-state index in [-0.39, 0.29) is 24.7 Å². The van der Waals surface area contributed by atoms with Gasteiger partial charge >= 0.3 is 0 Å². The number of hydrogen-bond donors (Lipinski definition) is 3. The van der Waals surface area contributed by atoms with Crippen LogP contribution in [-0.2, 0) is 6.61 Å². The van der Waals surface area contributed by atoms with Crippen LogP contribution in [0.4, 0.5) is 0 Å². The molecular weight excluding hydrogens is 390 g/mol. The fourth-order valence-corrected chi connectivity index (χ4v) is 4.39. The van der Waals surface area contributed by atoms with E-state index in [1.807, 2.05) is 48.5 Å². The Hall–Kier alpha value is -3.13. The number of fused-ring (bicyclic) bond motifs is 1. The molecule has 3 atom stereocenters. The molecule has 3 aromatic heterocycles. The minimum Gasteiger partial charge on any atom is -0.393 e. The van der Waals surface area contributed by atoms with E-state index < -0.39 is 0 Å². The maximum atomic E-state index is 9.86. The largest absolute Gasteiger partial charge is 0.393 e. The summed E-state index contributed by atoms with van der Waals surface area (Å²) in [6.45, 7) is -0.118. The standard InChI is InChI=1S/C24H25N5O2/c25-24(16-9-10-19(31)11-16)21-5-2-4-20(28-21)15-7-8-17-13-26-29(22(17)12-15)23-6-1-3-18(14-30)27-23/h1-8,12-13,16,19,24,30-31H,9-11,14,25H2/t16?,19-,24-/m0/s1. The summed E-state index contributed by atoms with van der Waals surface area (Å²) in [7, 11) is 0. The Labute approximate surface area is 180 Å². The first-order valence-corrected chi connectivity index (χ1v) is 10.6. The highest BCUT2D eigenvalue weighted by Crippen LogP contribution is 2.34. The van der Waals surface area contributed by atoms with Gasteiger partial charge in [0.1, 0.15) is 0 Å². The van der Waals surface area contributed by atoms with Crippen molar-refractivity contribution in [2.75, 3.05) is 0 Å². The summed E-state index contributed by atoms with van der Waals surface area (Å²) in [5.41, 5.74) is 10.7. The summed E-state index contributed by atoms with van der Waals surface area (Å²) in [5, 5.41) is 24.7. The molecule has 1 aliphatic carbocycles. The van der Waals surface area contributed by atoms with E-state index in [4.69, 9.17) is 10.7 Å². The number of aliphatic hydroxyl groups is 2. The van der Waals surface area contributed by atoms with E-state index in [1.54, 1.807) is 16.9 Å². The lowest BCUT2D eigenvalue weighted by Crippen LogP contribution is -2.21. The molecule has 0 amide bonds.